The van der Waals surface area contributed by atoms with Crippen LogP contribution in [0.25, 0.3) is 0 Å². The van der Waals surface area contributed by atoms with Crippen LogP contribution >= 0.6 is 0 Å². The van der Waals surface area contributed by atoms with E-state index in [-0.39, 0.29) is 11.3 Å². The number of carbonyl (C=O) groups excluding carboxylic acids is 1. The Hall–Kier alpha value is -2.53. The molecule has 0 aliphatic rings. The van der Waals surface area contributed by atoms with Gasteiger partial charge in [0.2, 0.25) is 0 Å². The predicted octanol–water partition coefficient (Wildman–Crippen LogP) is 3.59. The van der Waals surface area contributed by atoms with Gasteiger partial charge in [0.25, 0.3) is 5.91 Å². The summed E-state index contributed by atoms with van der Waals surface area (Å²) >= 11 is 0. The third-order valence-electron chi connectivity index (χ3n) is 4.14. The Morgan fingerprint density at radius 2 is 1.70 bits per heavy atom. The smallest absolute Gasteiger partial charge is 0.258 e. The van der Waals surface area contributed by atoms with E-state index in [1.165, 1.54) is 0 Å². The Labute approximate surface area is 162 Å². The van der Waals surface area contributed by atoms with Crippen molar-refractivity contribution < 1.29 is 14.3 Å². The lowest BCUT2D eigenvalue weighted by molar-refractivity contribution is 0.0921. The summed E-state index contributed by atoms with van der Waals surface area (Å²) in [4.78, 5) is 15.0. The van der Waals surface area contributed by atoms with Gasteiger partial charge in [-0.1, -0.05) is 50.2 Å². The molecule has 2 rings (SSSR count). The summed E-state index contributed by atoms with van der Waals surface area (Å²) in [6.45, 7) is 6.07. The minimum atomic E-state index is -0.192. The van der Waals surface area contributed by atoms with Gasteiger partial charge in [0.05, 0.1) is 7.11 Å². The number of benzene rings is 2. The predicted molar refractivity (Wildman–Crippen MR) is 108 cm³/mol. The van der Waals surface area contributed by atoms with Crippen molar-refractivity contribution in [1.29, 1.82) is 0 Å². The van der Waals surface area contributed by atoms with Gasteiger partial charge in [-0.2, -0.15) is 0 Å². The lowest BCUT2D eigenvalue weighted by Gasteiger charge is -2.28. The number of hydrogen-bond acceptors (Lipinski definition) is 4. The average molecular weight is 370 g/mol. The summed E-state index contributed by atoms with van der Waals surface area (Å²) in [5, 5.41) is 3.03. The van der Waals surface area contributed by atoms with Crippen molar-refractivity contribution in [2.24, 2.45) is 5.41 Å². The van der Waals surface area contributed by atoms with E-state index in [1.54, 1.807) is 19.2 Å². The number of hydrogen-bond donors (Lipinski definition) is 1. The second-order valence-electron chi connectivity index (χ2n) is 7.69. The van der Waals surface area contributed by atoms with Crippen LogP contribution in [0.5, 0.6) is 11.5 Å². The van der Waals surface area contributed by atoms with Crippen molar-refractivity contribution in [2.75, 3.05) is 34.3 Å². The summed E-state index contributed by atoms with van der Waals surface area (Å²) < 4.78 is 11.3. The third kappa shape index (κ3) is 6.29. The summed E-state index contributed by atoms with van der Waals surface area (Å²) in [6, 6.07) is 15.3. The Morgan fingerprint density at radius 1 is 1.04 bits per heavy atom. The summed E-state index contributed by atoms with van der Waals surface area (Å²) in [5.74, 6) is 0.826. The molecule has 0 aliphatic heterocycles. The molecule has 2 aromatic rings. The Balaban J connectivity index is 2.14. The first-order valence-electron chi connectivity index (χ1n) is 9.09. The lowest BCUT2D eigenvalue weighted by Crippen LogP contribution is -2.40. The number of methoxy groups -OCH3 is 1. The van der Waals surface area contributed by atoms with Crippen molar-refractivity contribution >= 4 is 5.91 Å². The van der Waals surface area contributed by atoms with E-state index >= 15 is 0 Å². The number of nitrogens with zero attached hydrogens (tertiary/aromatic N) is 1. The molecular formula is C22H30N2O3. The topological polar surface area (TPSA) is 50.8 Å². The van der Waals surface area contributed by atoms with Crippen LogP contribution in [0, 0.1) is 5.41 Å². The normalized spacial score (nSPS) is 11.3. The fourth-order valence-electron chi connectivity index (χ4n) is 3.08. The van der Waals surface area contributed by atoms with Crippen molar-refractivity contribution in [1.82, 2.24) is 10.2 Å². The molecule has 0 fully saturated rings. The zero-order chi connectivity index (χ0) is 19.9. The highest BCUT2D eigenvalue weighted by molar-refractivity contribution is 5.99. The fraction of sp³-hybridized carbons (Fsp3) is 0.409. The van der Waals surface area contributed by atoms with E-state index in [0.29, 0.717) is 30.2 Å². The maximum absolute atomic E-state index is 12.9. The van der Waals surface area contributed by atoms with Gasteiger partial charge in [-0.3, -0.25) is 4.79 Å². The van der Waals surface area contributed by atoms with Crippen molar-refractivity contribution in [3.05, 3.63) is 59.7 Å². The molecule has 0 aromatic heterocycles. The molecule has 27 heavy (non-hydrogen) atoms. The number of ether oxygens (including phenoxy) is 2. The molecule has 5 nitrogen and oxygen atoms in total. The zero-order valence-corrected chi connectivity index (χ0v) is 16.9. The van der Waals surface area contributed by atoms with E-state index in [0.717, 1.165) is 12.1 Å². The first-order chi connectivity index (χ1) is 12.8. The number of carbonyl (C=O) groups is 1. The molecule has 0 unspecified atom stereocenters. The van der Waals surface area contributed by atoms with Crippen molar-refractivity contribution in [2.45, 2.75) is 20.5 Å². The highest BCUT2D eigenvalue weighted by Crippen LogP contribution is 2.29. The van der Waals surface area contributed by atoms with Crippen molar-refractivity contribution in [3.63, 3.8) is 0 Å². The first-order valence-corrected chi connectivity index (χ1v) is 9.09. The zero-order valence-electron chi connectivity index (χ0n) is 16.9. The van der Waals surface area contributed by atoms with Gasteiger partial charge in [-0.15, -0.1) is 0 Å². The lowest BCUT2D eigenvalue weighted by atomic mass is 9.93. The van der Waals surface area contributed by atoms with Gasteiger partial charge in [-0.25, -0.2) is 0 Å². The molecule has 0 atom stereocenters. The highest BCUT2D eigenvalue weighted by atomic mass is 16.5. The second kappa shape index (κ2) is 9.42. The van der Waals surface area contributed by atoms with Crippen LogP contribution in [0.1, 0.15) is 29.8 Å². The van der Waals surface area contributed by atoms with Crippen LogP contribution < -0.4 is 14.8 Å². The van der Waals surface area contributed by atoms with Gasteiger partial charge < -0.3 is 19.7 Å². The Morgan fingerprint density at radius 3 is 2.33 bits per heavy atom. The molecule has 0 heterocycles. The molecule has 0 saturated heterocycles. The van der Waals surface area contributed by atoms with E-state index in [4.69, 9.17) is 9.47 Å². The molecule has 0 saturated carbocycles. The van der Waals surface area contributed by atoms with Crippen LogP contribution in [0.4, 0.5) is 0 Å². The molecule has 0 radical (unpaired) electrons. The van der Waals surface area contributed by atoms with Gasteiger partial charge in [0, 0.05) is 13.1 Å². The maximum Gasteiger partial charge on any atom is 0.258 e. The van der Waals surface area contributed by atoms with Crippen LogP contribution in [0.15, 0.2) is 48.5 Å². The number of amides is 1. The Bertz CT molecular complexity index is 742. The molecular weight excluding hydrogens is 340 g/mol. The van der Waals surface area contributed by atoms with Crippen LogP contribution in [-0.4, -0.2) is 45.1 Å². The van der Waals surface area contributed by atoms with Gasteiger partial charge in [0.1, 0.15) is 23.7 Å². The summed E-state index contributed by atoms with van der Waals surface area (Å²) in [5.41, 5.74) is 1.42. The Kier molecular flexibility index (Phi) is 7.25. The maximum atomic E-state index is 12.9. The fourth-order valence-corrected chi connectivity index (χ4v) is 3.08. The van der Waals surface area contributed by atoms with E-state index < -0.39 is 0 Å². The molecule has 0 spiro atoms. The second-order valence-corrected chi connectivity index (χ2v) is 7.69. The average Bonchev–Trinajstić information content (AvgIpc) is 2.64. The standard InChI is InChI=1S/C22H30N2O3/c1-22(2,16-24(3)4)15-23-21(25)20-18(26-5)12-9-13-19(20)27-14-17-10-7-6-8-11-17/h6-13H,14-16H2,1-5H3,(H,23,25). The molecule has 1 amide bonds. The molecule has 2 aromatic carbocycles. The van der Waals surface area contributed by atoms with Gasteiger partial charge in [-0.05, 0) is 37.2 Å². The van der Waals surface area contributed by atoms with Gasteiger partial charge in [0.15, 0.2) is 0 Å². The molecule has 146 valence electrons. The first kappa shape index (κ1) is 20.8. The summed E-state index contributed by atoms with van der Waals surface area (Å²) in [6.07, 6.45) is 0. The van der Waals surface area contributed by atoms with E-state index in [2.05, 4.69) is 24.1 Å². The number of nitrogens with one attached hydrogen (secondary N) is 1. The molecule has 1 N–H and O–H groups in total. The van der Waals surface area contributed by atoms with E-state index in [9.17, 15) is 4.79 Å². The van der Waals surface area contributed by atoms with Crippen molar-refractivity contribution in [3.8, 4) is 11.5 Å². The molecule has 0 aliphatic carbocycles. The number of rotatable bonds is 9. The van der Waals surface area contributed by atoms with Crippen LogP contribution in [0.3, 0.4) is 0 Å². The molecule has 5 heteroatoms. The largest absolute Gasteiger partial charge is 0.496 e. The minimum Gasteiger partial charge on any atom is -0.496 e. The van der Waals surface area contributed by atoms with Crippen LogP contribution in [-0.2, 0) is 6.61 Å². The van der Waals surface area contributed by atoms with E-state index in [1.807, 2.05) is 50.5 Å². The van der Waals surface area contributed by atoms with Crippen LogP contribution in [0.2, 0.25) is 0 Å². The summed E-state index contributed by atoms with van der Waals surface area (Å²) in [7, 11) is 5.61. The quantitative estimate of drug-likeness (QED) is 0.733. The SMILES string of the molecule is COc1cccc(OCc2ccccc2)c1C(=O)NCC(C)(C)CN(C)C. The third-order valence-corrected chi connectivity index (χ3v) is 4.14. The monoisotopic (exact) mass is 370 g/mol. The van der Waals surface area contributed by atoms with Gasteiger partial charge >= 0.3 is 0 Å². The molecule has 0 bridgehead atoms. The highest BCUT2D eigenvalue weighted by Gasteiger charge is 2.23. The minimum absolute atomic E-state index is 0.0494.